The molecule has 0 saturated carbocycles. The molecule has 0 saturated heterocycles. The normalized spacial score (nSPS) is 14.1. The molecule has 5 nitrogen and oxygen atoms in total. The van der Waals surface area contributed by atoms with Gasteiger partial charge in [-0.25, -0.2) is 0 Å². The molecule has 1 atom stereocenters. The number of hydrogen-bond donors (Lipinski definition) is 1. The maximum Gasteiger partial charge on any atom is 0.325 e. The van der Waals surface area contributed by atoms with Gasteiger partial charge in [0.1, 0.15) is 5.54 Å². The third-order valence-corrected chi connectivity index (χ3v) is 1.90. The van der Waals surface area contributed by atoms with Gasteiger partial charge < -0.3 is 15.2 Å². The van der Waals surface area contributed by atoms with Crippen LogP contribution in [0.1, 0.15) is 33.6 Å². The van der Waals surface area contributed by atoms with Crippen LogP contribution >= 0.6 is 0 Å². The van der Waals surface area contributed by atoms with E-state index in [1.165, 1.54) is 0 Å². The Morgan fingerprint density at radius 1 is 1.20 bits per heavy atom. The topological polar surface area (TPSA) is 78.6 Å². The zero-order valence-corrected chi connectivity index (χ0v) is 9.54. The van der Waals surface area contributed by atoms with Crippen LogP contribution in [0.15, 0.2) is 0 Å². The van der Waals surface area contributed by atoms with Crippen molar-refractivity contribution in [2.45, 2.75) is 39.2 Å². The molecule has 88 valence electrons. The van der Waals surface area contributed by atoms with E-state index in [4.69, 9.17) is 15.2 Å². The number of rotatable bonds is 6. The van der Waals surface area contributed by atoms with E-state index in [0.717, 1.165) is 0 Å². The van der Waals surface area contributed by atoms with Crippen LogP contribution in [0.3, 0.4) is 0 Å². The number of carbonyl (C=O) groups excluding carboxylic acids is 2. The highest BCUT2D eigenvalue weighted by Gasteiger charge is 2.30. The van der Waals surface area contributed by atoms with Crippen molar-refractivity contribution in [1.82, 2.24) is 0 Å². The highest BCUT2D eigenvalue weighted by atomic mass is 16.5. The molecule has 0 heterocycles. The van der Waals surface area contributed by atoms with E-state index in [9.17, 15) is 9.59 Å². The second kappa shape index (κ2) is 6.40. The molecule has 5 heteroatoms. The van der Waals surface area contributed by atoms with Crippen LogP contribution in [0.25, 0.3) is 0 Å². The fourth-order valence-electron chi connectivity index (χ4n) is 0.993. The van der Waals surface area contributed by atoms with Crippen molar-refractivity contribution in [2.75, 3.05) is 13.2 Å². The Morgan fingerprint density at radius 2 is 1.73 bits per heavy atom. The first-order valence-electron chi connectivity index (χ1n) is 5.05. The lowest BCUT2D eigenvalue weighted by molar-refractivity contribution is -0.150. The summed E-state index contributed by atoms with van der Waals surface area (Å²) in [6.07, 6.45) is 0.352. The van der Waals surface area contributed by atoms with E-state index in [1.54, 1.807) is 20.8 Å². The van der Waals surface area contributed by atoms with Gasteiger partial charge in [-0.2, -0.15) is 0 Å². The van der Waals surface area contributed by atoms with Crippen LogP contribution in [-0.2, 0) is 19.1 Å². The molecule has 0 bridgehead atoms. The number of esters is 2. The van der Waals surface area contributed by atoms with Crippen LogP contribution in [-0.4, -0.2) is 30.7 Å². The first-order chi connectivity index (χ1) is 6.94. The summed E-state index contributed by atoms with van der Waals surface area (Å²) >= 11 is 0. The van der Waals surface area contributed by atoms with Gasteiger partial charge in [0.2, 0.25) is 0 Å². The summed E-state index contributed by atoms with van der Waals surface area (Å²) in [6, 6.07) is 0. The highest BCUT2D eigenvalue weighted by molar-refractivity contribution is 5.81. The van der Waals surface area contributed by atoms with Crippen molar-refractivity contribution in [1.29, 1.82) is 0 Å². The number of hydrogen-bond acceptors (Lipinski definition) is 5. The van der Waals surface area contributed by atoms with Gasteiger partial charge in [0, 0.05) is 6.42 Å². The SMILES string of the molecule is CCOC(=O)CC[C@](C)(N)C(=O)OCC. The summed E-state index contributed by atoms with van der Waals surface area (Å²) in [7, 11) is 0. The molecular formula is C10H19NO4. The van der Waals surface area contributed by atoms with Crippen LogP contribution < -0.4 is 5.73 Å². The monoisotopic (exact) mass is 217 g/mol. The first-order valence-corrected chi connectivity index (χ1v) is 5.05. The molecule has 0 aromatic rings. The minimum atomic E-state index is -1.12. The van der Waals surface area contributed by atoms with Gasteiger partial charge in [-0.15, -0.1) is 0 Å². The molecule has 0 amide bonds. The average Bonchev–Trinajstić information content (AvgIpc) is 2.16. The standard InChI is InChI=1S/C10H19NO4/c1-4-14-8(12)6-7-10(3,11)9(13)15-5-2/h4-7,11H2,1-3H3/t10-/m0/s1. The second-order valence-corrected chi connectivity index (χ2v) is 3.44. The zero-order chi connectivity index (χ0) is 11.9. The molecular weight excluding hydrogens is 198 g/mol. The van der Waals surface area contributed by atoms with Crippen LogP contribution in [0.4, 0.5) is 0 Å². The van der Waals surface area contributed by atoms with Crippen molar-refractivity contribution < 1.29 is 19.1 Å². The lowest BCUT2D eigenvalue weighted by Crippen LogP contribution is -2.46. The van der Waals surface area contributed by atoms with Gasteiger partial charge in [0.25, 0.3) is 0 Å². The number of carbonyl (C=O) groups is 2. The zero-order valence-electron chi connectivity index (χ0n) is 9.54. The van der Waals surface area contributed by atoms with Gasteiger partial charge >= 0.3 is 11.9 Å². The Bertz CT molecular complexity index is 225. The molecule has 0 spiro atoms. The van der Waals surface area contributed by atoms with E-state index in [-0.39, 0.29) is 25.4 Å². The average molecular weight is 217 g/mol. The van der Waals surface area contributed by atoms with Crippen molar-refractivity contribution in [2.24, 2.45) is 5.73 Å². The third-order valence-electron chi connectivity index (χ3n) is 1.90. The molecule has 0 aliphatic heterocycles. The van der Waals surface area contributed by atoms with E-state index in [2.05, 4.69) is 0 Å². The third kappa shape index (κ3) is 5.37. The molecule has 0 fully saturated rings. The summed E-state index contributed by atoms with van der Waals surface area (Å²) < 4.78 is 9.51. The predicted molar refractivity (Wildman–Crippen MR) is 55.1 cm³/mol. The molecule has 0 unspecified atom stereocenters. The Labute approximate surface area is 89.9 Å². The van der Waals surface area contributed by atoms with Crippen LogP contribution in [0.5, 0.6) is 0 Å². The Kier molecular flexibility index (Phi) is 5.93. The lowest BCUT2D eigenvalue weighted by atomic mass is 9.97. The van der Waals surface area contributed by atoms with E-state index >= 15 is 0 Å². The minimum Gasteiger partial charge on any atom is -0.466 e. The maximum atomic E-state index is 11.3. The van der Waals surface area contributed by atoms with Crippen molar-refractivity contribution in [3.63, 3.8) is 0 Å². The van der Waals surface area contributed by atoms with Crippen molar-refractivity contribution >= 4 is 11.9 Å². The summed E-state index contributed by atoms with van der Waals surface area (Å²) in [4.78, 5) is 22.4. The number of ether oxygens (including phenoxy) is 2. The van der Waals surface area contributed by atoms with Crippen LogP contribution in [0, 0.1) is 0 Å². The smallest absolute Gasteiger partial charge is 0.325 e. The van der Waals surface area contributed by atoms with E-state index < -0.39 is 11.5 Å². The van der Waals surface area contributed by atoms with Crippen LogP contribution in [0.2, 0.25) is 0 Å². The molecule has 0 rings (SSSR count). The lowest BCUT2D eigenvalue weighted by Gasteiger charge is -2.21. The van der Waals surface area contributed by atoms with E-state index in [1.807, 2.05) is 0 Å². The molecule has 0 aromatic carbocycles. The Hall–Kier alpha value is -1.10. The molecule has 0 aromatic heterocycles. The summed E-state index contributed by atoms with van der Waals surface area (Å²) in [5.41, 5.74) is 4.59. The summed E-state index contributed by atoms with van der Waals surface area (Å²) in [5.74, 6) is -0.840. The van der Waals surface area contributed by atoms with Gasteiger partial charge in [-0.05, 0) is 27.2 Å². The number of nitrogens with two attached hydrogens (primary N) is 1. The Balaban J connectivity index is 4.03. The molecule has 0 aliphatic rings. The predicted octanol–water partition coefficient (Wildman–Crippen LogP) is 0.610. The van der Waals surface area contributed by atoms with E-state index in [0.29, 0.717) is 6.61 Å². The highest BCUT2D eigenvalue weighted by Crippen LogP contribution is 2.11. The molecule has 0 radical (unpaired) electrons. The largest absolute Gasteiger partial charge is 0.466 e. The van der Waals surface area contributed by atoms with Gasteiger partial charge in [-0.1, -0.05) is 0 Å². The van der Waals surface area contributed by atoms with Crippen molar-refractivity contribution in [3.05, 3.63) is 0 Å². The molecule has 0 aliphatic carbocycles. The second-order valence-electron chi connectivity index (χ2n) is 3.44. The fraction of sp³-hybridized carbons (Fsp3) is 0.800. The van der Waals surface area contributed by atoms with Gasteiger partial charge in [0.05, 0.1) is 13.2 Å². The van der Waals surface area contributed by atoms with Gasteiger partial charge in [-0.3, -0.25) is 9.59 Å². The minimum absolute atomic E-state index is 0.125. The fourth-order valence-corrected chi connectivity index (χ4v) is 0.993. The summed E-state index contributed by atoms with van der Waals surface area (Å²) in [5, 5.41) is 0. The molecule has 15 heavy (non-hydrogen) atoms. The quantitative estimate of drug-likeness (QED) is 0.659. The van der Waals surface area contributed by atoms with Gasteiger partial charge in [0.15, 0.2) is 0 Å². The summed E-state index contributed by atoms with van der Waals surface area (Å²) in [6.45, 7) is 5.60. The first kappa shape index (κ1) is 13.9. The maximum absolute atomic E-state index is 11.3. The van der Waals surface area contributed by atoms with Crippen molar-refractivity contribution in [3.8, 4) is 0 Å². The Morgan fingerprint density at radius 3 is 2.20 bits per heavy atom. The molecule has 2 N–H and O–H groups in total.